The normalized spacial score (nSPS) is 20.1. The first-order valence-electron chi connectivity index (χ1n) is 19.4. The average Bonchev–Trinajstić information content (AvgIpc) is 3.84. The molecule has 0 aliphatic carbocycles. The molecule has 2 heterocycles. The zero-order valence-corrected chi connectivity index (χ0v) is 32.6. The third kappa shape index (κ3) is 14.0. The Morgan fingerprint density at radius 3 is 1.82 bits per heavy atom. The van der Waals surface area contributed by atoms with Crippen LogP contribution >= 0.6 is 0 Å². The second kappa shape index (κ2) is 22.9. The first kappa shape index (κ1) is 46.8. The standard InChI is InChI=1S/C36H63N9O10/c1-5-21(4)29(43-31(49)23(13-14-28(39)47)40-30(48)22(38)10-6-7-15-37)35(53)45-17-9-12-27(45)33(51)42-25(19-46)34(52)44-16-8-11-26(44)32(50)41-24(36(54)55)18-20(2)3/h20-27,29,46H,5-19,37-38H2,1-4H3,(H2,39,47)(H,40,48)(H,41,50)(H,42,51)(H,43,49)(H,54,55)/t21-,22-,23-,24-,25-,26-,27-,29-/m0/s1. The third-order valence-corrected chi connectivity index (χ3v) is 10.2. The quantitative estimate of drug-likeness (QED) is 0.0499. The SMILES string of the molecule is CC[C@H](C)[C@H](NC(=O)[C@H](CCC(N)=O)NC(=O)[C@@H](N)CCCCN)C(=O)N1CCC[C@H]1C(=O)N[C@@H](CO)C(=O)N1CCC[C@H]1C(=O)N[C@@H](CC(C)C)C(=O)O. The molecule has 0 aromatic carbocycles. The molecule has 2 saturated heterocycles. The fraction of sp³-hybridized carbons (Fsp3) is 0.778. The summed E-state index contributed by atoms with van der Waals surface area (Å²) >= 11 is 0. The van der Waals surface area contributed by atoms with E-state index in [1.54, 1.807) is 6.92 Å². The lowest BCUT2D eigenvalue weighted by Crippen LogP contribution is -2.61. The van der Waals surface area contributed by atoms with Crippen molar-refractivity contribution < 1.29 is 48.6 Å². The van der Waals surface area contributed by atoms with Crippen LogP contribution in [0.3, 0.4) is 0 Å². The van der Waals surface area contributed by atoms with Gasteiger partial charge in [-0.25, -0.2) is 4.79 Å². The number of hydrogen-bond donors (Lipinski definition) is 9. The minimum Gasteiger partial charge on any atom is -0.480 e. The third-order valence-electron chi connectivity index (χ3n) is 10.2. The second-order valence-electron chi connectivity index (χ2n) is 15.0. The first-order chi connectivity index (χ1) is 26.0. The molecule has 19 nitrogen and oxygen atoms in total. The summed E-state index contributed by atoms with van der Waals surface area (Å²) < 4.78 is 0. The van der Waals surface area contributed by atoms with E-state index in [0.29, 0.717) is 45.1 Å². The summed E-state index contributed by atoms with van der Waals surface area (Å²) in [6.07, 6.45) is 3.19. The van der Waals surface area contributed by atoms with E-state index in [1.807, 2.05) is 20.8 Å². The molecule has 2 rings (SSSR count). The number of rotatable bonds is 23. The van der Waals surface area contributed by atoms with Gasteiger partial charge in [-0.3, -0.25) is 33.6 Å². The van der Waals surface area contributed by atoms with Crippen molar-refractivity contribution in [2.24, 2.45) is 29.0 Å². The van der Waals surface area contributed by atoms with Crippen LogP contribution in [0.25, 0.3) is 0 Å². The Kier molecular flexibility index (Phi) is 19.5. The van der Waals surface area contributed by atoms with Crippen molar-refractivity contribution in [3.8, 4) is 0 Å². The highest BCUT2D eigenvalue weighted by Gasteiger charge is 2.43. The van der Waals surface area contributed by atoms with Crippen LogP contribution < -0.4 is 38.5 Å². The number of carboxylic acids is 1. The van der Waals surface area contributed by atoms with E-state index >= 15 is 0 Å². The molecule has 2 aliphatic rings. The van der Waals surface area contributed by atoms with E-state index in [0.717, 1.165) is 0 Å². The molecule has 8 atom stereocenters. The van der Waals surface area contributed by atoms with E-state index in [-0.39, 0.29) is 51.1 Å². The minimum atomic E-state index is -1.45. The minimum absolute atomic E-state index is 0.0190. The fourth-order valence-electron chi connectivity index (χ4n) is 6.81. The number of carbonyl (C=O) groups excluding carboxylic acids is 7. The number of nitrogens with one attached hydrogen (secondary N) is 4. The van der Waals surface area contributed by atoms with E-state index in [4.69, 9.17) is 17.2 Å². The van der Waals surface area contributed by atoms with E-state index in [2.05, 4.69) is 21.3 Å². The van der Waals surface area contributed by atoms with Gasteiger partial charge in [0.1, 0.15) is 36.3 Å². The monoisotopic (exact) mass is 781 g/mol. The molecule has 0 unspecified atom stereocenters. The number of nitrogens with two attached hydrogens (primary N) is 3. The van der Waals surface area contributed by atoms with Crippen LogP contribution in [0.4, 0.5) is 0 Å². The number of likely N-dealkylation sites (tertiary alicyclic amines) is 2. The molecule has 12 N–H and O–H groups in total. The van der Waals surface area contributed by atoms with Crippen molar-refractivity contribution in [1.29, 1.82) is 0 Å². The molecule has 0 spiro atoms. The zero-order chi connectivity index (χ0) is 41.4. The molecule has 0 bridgehead atoms. The molecule has 312 valence electrons. The summed E-state index contributed by atoms with van der Waals surface area (Å²) in [7, 11) is 0. The van der Waals surface area contributed by atoms with E-state index in [9.17, 15) is 48.6 Å². The Bertz CT molecular complexity index is 1360. The van der Waals surface area contributed by atoms with Gasteiger partial charge in [0.25, 0.3) is 0 Å². The predicted octanol–water partition coefficient (Wildman–Crippen LogP) is -2.20. The van der Waals surface area contributed by atoms with Crippen LogP contribution in [0.1, 0.15) is 98.3 Å². The maximum absolute atomic E-state index is 14.1. The molecule has 0 aromatic rings. The lowest BCUT2D eigenvalue weighted by atomic mass is 9.96. The summed E-state index contributed by atoms with van der Waals surface area (Å²) in [4.78, 5) is 107. The smallest absolute Gasteiger partial charge is 0.326 e. The number of nitrogens with zero attached hydrogens (tertiary/aromatic N) is 2. The second-order valence-corrected chi connectivity index (χ2v) is 15.0. The van der Waals surface area contributed by atoms with Gasteiger partial charge in [0.2, 0.25) is 41.4 Å². The summed E-state index contributed by atoms with van der Waals surface area (Å²) in [6.45, 7) is 7.12. The highest BCUT2D eigenvalue weighted by Crippen LogP contribution is 2.23. The highest BCUT2D eigenvalue weighted by atomic mass is 16.4. The van der Waals surface area contributed by atoms with Crippen molar-refractivity contribution in [3.63, 3.8) is 0 Å². The summed E-state index contributed by atoms with van der Waals surface area (Å²) in [5.41, 5.74) is 16.9. The number of aliphatic hydroxyl groups excluding tert-OH is 1. The van der Waals surface area contributed by atoms with Crippen LogP contribution in [-0.4, -0.2) is 136 Å². The van der Waals surface area contributed by atoms with Crippen molar-refractivity contribution in [2.75, 3.05) is 26.2 Å². The van der Waals surface area contributed by atoms with Crippen LogP contribution in [0.5, 0.6) is 0 Å². The molecule has 0 aromatic heterocycles. The maximum atomic E-state index is 14.1. The number of unbranched alkanes of at least 4 members (excludes halogenated alkanes) is 1. The number of carbonyl (C=O) groups is 8. The van der Waals surface area contributed by atoms with Gasteiger partial charge in [-0.05, 0) is 69.7 Å². The van der Waals surface area contributed by atoms with Crippen molar-refractivity contribution in [3.05, 3.63) is 0 Å². The number of amides is 7. The topological polar surface area (TPSA) is 310 Å². The van der Waals surface area contributed by atoms with Crippen molar-refractivity contribution in [1.82, 2.24) is 31.1 Å². The van der Waals surface area contributed by atoms with Gasteiger partial charge in [0.15, 0.2) is 0 Å². The first-order valence-corrected chi connectivity index (χ1v) is 19.4. The van der Waals surface area contributed by atoms with Crippen LogP contribution in [-0.2, 0) is 38.4 Å². The van der Waals surface area contributed by atoms with Crippen LogP contribution in [0.2, 0.25) is 0 Å². The number of primary amides is 1. The van der Waals surface area contributed by atoms with Gasteiger partial charge in [0.05, 0.1) is 12.6 Å². The molecule has 2 aliphatic heterocycles. The van der Waals surface area contributed by atoms with E-state index in [1.165, 1.54) is 9.80 Å². The summed E-state index contributed by atoms with van der Waals surface area (Å²) in [5, 5.41) is 30.1. The Morgan fingerprint density at radius 1 is 0.764 bits per heavy atom. The average molecular weight is 782 g/mol. The number of carboxylic acid groups (broad SMARTS) is 1. The predicted molar refractivity (Wildman–Crippen MR) is 200 cm³/mol. The molecular weight excluding hydrogens is 718 g/mol. The zero-order valence-electron chi connectivity index (χ0n) is 32.6. The van der Waals surface area contributed by atoms with Gasteiger partial charge in [-0.15, -0.1) is 0 Å². The Morgan fingerprint density at radius 2 is 1.33 bits per heavy atom. The maximum Gasteiger partial charge on any atom is 0.326 e. The molecule has 0 saturated carbocycles. The lowest BCUT2D eigenvalue weighted by molar-refractivity contribution is -0.146. The number of hydrogen-bond acceptors (Lipinski definition) is 11. The van der Waals surface area contributed by atoms with E-state index < -0.39 is 102 Å². The number of aliphatic hydroxyl groups is 1. The molecule has 55 heavy (non-hydrogen) atoms. The lowest BCUT2D eigenvalue weighted by Gasteiger charge is -2.33. The van der Waals surface area contributed by atoms with Crippen LogP contribution in [0, 0.1) is 11.8 Å². The molecule has 19 heteroatoms. The van der Waals surface area contributed by atoms with Gasteiger partial charge < -0.3 is 58.5 Å². The van der Waals surface area contributed by atoms with Crippen molar-refractivity contribution >= 4 is 47.3 Å². The van der Waals surface area contributed by atoms with Gasteiger partial charge >= 0.3 is 5.97 Å². The van der Waals surface area contributed by atoms with Crippen LogP contribution in [0.15, 0.2) is 0 Å². The van der Waals surface area contributed by atoms with Gasteiger partial charge in [-0.2, -0.15) is 0 Å². The van der Waals surface area contributed by atoms with Crippen molar-refractivity contribution in [2.45, 2.75) is 141 Å². The largest absolute Gasteiger partial charge is 0.480 e. The fourth-order valence-corrected chi connectivity index (χ4v) is 6.81. The molecular formula is C36H63N9O10. The molecule has 7 amide bonds. The Hall–Kier alpha value is -4.36. The van der Waals surface area contributed by atoms with Gasteiger partial charge in [0, 0.05) is 19.5 Å². The number of aliphatic carboxylic acids is 1. The summed E-state index contributed by atoms with van der Waals surface area (Å²) in [6, 6.07) is -7.97. The summed E-state index contributed by atoms with van der Waals surface area (Å²) in [5.74, 6) is -6.37. The highest BCUT2D eigenvalue weighted by molar-refractivity contribution is 5.97. The molecule has 2 fully saturated rings. The van der Waals surface area contributed by atoms with Gasteiger partial charge in [-0.1, -0.05) is 40.5 Å². The Labute approximate surface area is 322 Å². The molecule has 0 radical (unpaired) electrons. The Balaban J connectivity index is 2.20.